The highest BCUT2D eigenvalue weighted by Gasteiger charge is 2.33. The second-order valence-corrected chi connectivity index (χ2v) is 5.71. The monoisotopic (exact) mass is 264 g/mol. The number of aryl methyl sites for hydroxylation is 2. The van der Waals surface area contributed by atoms with Gasteiger partial charge in [-0.3, -0.25) is 4.79 Å². The van der Waals surface area contributed by atoms with Crippen molar-refractivity contribution in [1.29, 1.82) is 0 Å². The Kier molecular flexibility index (Phi) is 3.99. The van der Waals surface area contributed by atoms with Gasteiger partial charge in [0.05, 0.1) is 11.1 Å². The zero-order chi connectivity index (χ0) is 14.0. The predicted molar refractivity (Wildman–Crippen MR) is 75.3 cm³/mol. The van der Waals surface area contributed by atoms with E-state index >= 15 is 0 Å². The maximum Gasteiger partial charge on any atom is 0.255 e. The fraction of sp³-hybridized carbons (Fsp3) is 0.667. The van der Waals surface area contributed by atoms with Crippen LogP contribution in [0.25, 0.3) is 0 Å². The van der Waals surface area contributed by atoms with Gasteiger partial charge in [-0.1, -0.05) is 19.3 Å². The lowest BCUT2D eigenvalue weighted by molar-refractivity contribution is 0.0872. The molecule has 1 saturated carbocycles. The number of rotatable bonds is 3. The molecule has 3 N–H and O–H groups in total. The molecule has 4 nitrogen and oxygen atoms in total. The molecule has 0 unspecified atom stereocenters. The zero-order valence-electron chi connectivity index (χ0n) is 12.1. The van der Waals surface area contributed by atoms with Crippen LogP contribution in [0, 0.1) is 20.8 Å². The van der Waals surface area contributed by atoms with Crippen LogP contribution < -0.4 is 11.1 Å². The molecule has 0 spiro atoms. The van der Waals surface area contributed by atoms with Crippen LogP contribution in [-0.2, 0) is 0 Å². The molecule has 19 heavy (non-hydrogen) atoms. The molecule has 106 valence electrons. The Balaban J connectivity index is 2.20. The number of amides is 1. The average Bonchev–Trinajstić information content (AvgIpc) is 2.64. The van der Waals surface area contributed by atoms with E-state index in [-0.39, 0.29) is 11.4 Å². The van der Waals surface area contributed by atoms with E-state index in [1.54, 1.807) is 0 Å². The Bertz CT molecular complexity index is 471. The van der Waals surface area contributed by atoms with Gasteiger partial charge in [0, 0.05) is 12.1 Å². The van der Waals surface area contributed by atoms with E-state index in [9.17, 15) is 4.79 Å². The van der Waals surface area contributed by atoms with Crippen molar-refractivity contribution >= 4 is 5.91 Å². The number of carbonyl (C=O) groups is 1. The summed E-state index contributed by atoms with van der Waals surface area (Å²) in [6, 6.07) is 0. The lowest BCUT2D eigenvalue weighted by atomic mass is 9.81. The number of furan rings is 1. The molecule has 1 fully saturated rings. The van der Waals surface area contributed by atoms with E-state index in [4.69, 9.17) is 10.2 Å². The van der Waals surface area contributed by atoms with Crippen molar-refractivity contribution in [2.45, 2.75) is 58.4 Å². The van der Waals surface area contributed by atoms with Gasteiger partial charge in [0.2, 0.25) is 0 Å². The Morgan fingerprint density at radius 3 is 2.32 bits per heavy atom. The van der Waals surface area contributed by atoms with E-state index in [0.29, 0.717) is 17.9 Å². The third kappa shape index (κ3) is 2.68. The first-order valence-electron chi connectivity index (χ1n) is 7.08. The summed E-state index contributed by atoms with van der Waals surface area (Å²) < 4.78 is 5.53. The van der Waals surface area contributed by atoms with Crippen LogP contribution in [0.3, 0.4) is 0 Å². The minimum atomic E-state index is -0.223. The molecular weight excluding hydrogens is 240 g/mol. The highest BCUT2D eigenvalue weighted by atomic mass is 16.3. The molecule has 4 heteroatoms. The first-order chi connectivity index (χ1) is 8.99. The number of nitrogens with two attached hydrogens (primary N) is 1. The second kappa shape index (κ2) is 5.37. The summed E-state index contributed by atoms with van der Waals surface area (Å²) in [5, 5.41) is 3.17. The van der Waals surface area contributed by atoms with E-state index in [0.717, 1.165) is 37.0 Å². The summed E-state index contributed by atoms with van der Waals surface area (Å²) in [7, 11) is 0. The Morgan fingerprint density at radius 2 is 1.84 bits per heavy atom. The van der Waals surface area contributed by atoms with Crippen molar-refractivity contribution < 1.29 is 9.21 Å². The number of carbonyl (C=O) groups excluding carboxylic acids is 1. The molecule has 1 aromatic rings. The number of hydrogen-bond acceptors (Lipinski definition) is 3. The molecule has 0 atom stereocenters. The Hall–Kier alpha value is -1.29. The van der Waals surface area contributed by atoms with Crippen LogP contribution in [0.5, 0.6) is 0 Å². The van der Waals surface area contributed by atoms with Gasteiger partial charge in [0.1, 0.15) is 11.5 Å². The molecule has 0 aromatic carbocycles. The summed E-state index contributed by atoms with van der Waals surface area (Å²) in [5.74, 6) is 1.46. The van der Waals surface area contributed by atoms with Crippen LogP contribution >= 0.6 is 0 Å². The minimum absolute atomic E-state index is 0.0424. The van der Waals surface area contributed by atoms with Crippen molar-refractivity contribution in [2.75, 3.05) is 6.54 Å². The fourth-order valence-corrected chi connectivity index (χ4v) is 3.04. The lowest BCUT2D eigenvalue weighted by Crippen LogP contribution is -2.54. The average molecular weight is 264 g/mol. The molecule has 0 bridgehead atoms. The second-order valence-electron chi connectivity index (χ2n) is 5.71. The molecule has 1 aromatic heterocycles. The number of nitrogens with one attached hydrogen (secondary N) is 1. The smallest absolute Gasteiger partial charge is 0.255 e. The van der Waals surface area contributed by atoms with Crippen LogP contribution in [0.15, 0.2) is 4.42 Å². The van der Waals surface area contributed by atoms with Gasteiger partial charge in [-0.2, -0.15) is 0 Å². The molecule has 1 aliphatic rings. The first-order valence-corrected chi connectivity index (χ1v) is 7.08. The van der Waals surface area contributed by atoms with Crippen LogP contribution in [0.4, 0.5) is 0 Å². The molecule has 0 aliphatic heterocycles. The van der Waals surface area contributed by atoms with E-state index < -0.39 is 0 Å². The van der Waals surface area contributed by atoms with Gasteiger partial charge in [-0.15, -0.1) is 0 Å². The molecule has 1 heterocycles. The first kappa shape index (κ1) is 14.1. The van der Waals surface area contributed by atoms with Gasteiger partial charge >= 0.3 is 0 Å². The molecule has 2 rings (SSSR count). The summed E-state index contributed by atoms with van der Waals surface area (Å²) in [4.78, 5) is 12.5. The predicted octanol–water partition coefficient (Wildman–Crippen LogP) is 2.60. The maximum absolute atomic E-state index is 12.5. The largest absolute Gasteiger partial charge is 0.466 e. The fourth-order valence-electron chi connectivity index (χ4n) is 3.04. The van der Waals surface area contributed by atoms with E-state index in [2.05, 4.69) is 5.32 Å². The summed E-state index contributed by atoms with van der Waals surface area (Å²) in [5.41, 5.74) is 7.29. The third-order valence-electron chi connectivity index (χ3n) is 4.37. The standard InChI is InChI=1S/C15H24N2O2/c1-10-11(2)19-12(3)13(10)14(18)17-15(9-16)7-5-4-6-8-15/h4-9,16H2,1-3H3,(H,17,18). The van der Waals surface area contributed by atoms with Crippen molar-refractivity contribution in [3.05, 3.63) is 22.6 Å². The van der Waals surface area contributed by atoms with Crippen LogP contribution in [-0.4, -0.2) is 18.0 Å². The molecular formula is C15H24N2O2. The Labute approximate surface area is 114 Å². The van der Waals surface area contributed by atoms with Gasteiger partial charge < -0.3 is 15.5 Å². The minimum Gasteiger partial charge on any atom is -0.466 e. The van der Waals surface area contributed by atoms with E-state index in [1.807, 2.05) is 20.8 Å². The van der Waals surface area contributed by atoms with Gasteiger partial charge in [0.25, 0.3) is 5.91 Å². The normalized spacial score (nSPS) is 18.3. The van der Waals surface area contributed by atoms with Crippen molar-refractivity contribution in [3.8, 4) is 0 Å². The highest BCUT2D eigenvalue weighted by molar-refractivity contribution is 5.97. The summed E-state index contributed by atoms with van der Waals surface area (Å²) >= 11 is 0. The van der Waals surface area contributed by atoms with Crippen molar-refractivity contribution in [3.63, 3.8) is 0 Å². The van der Waals surface area contributed by atoms with Gasteiger partial charge in [-0.05, 0) is 33.6 Å². The number of hydrogen-bond donors (Lipinski definition) is 2. The quantitative estimate of drug-likeness (QED) is 0.881. The van der Waals surface area contributed by atoms with Crippen molar-refractivity contribution in [1.82, 2.24) is 5.32 Å². The van der Waals surface area contributed by atoms with Crippen LogP contribution in [0.2, 0.25) is 0 Å². The summed E-state index contributed by atoms with van der Waals surface area (Å²) in [6.07, 6.45) is 5.47. The highest BCUT2D eigenvalue weighted by Crippen LogP contribution is 2.29. The zero-order valence-corrected chi connectivity index (χ0v) is 12.1. The van der Waals surface area contributed by atoms with E-state index in [1.165, 1.54) is 6.42 Å². The topological polar surface area (TPSA) is 68.3 Å². The SMILES string of the molecule is Cc1oc(C)c(C(=O)NC2(CN)CCCCC2)c1C. The van der Waals surface area contributed by atoms with Gasteiger partial charge in [-0.25, -0.2) is 0 Å². The van der Waals surface area contributed by atoms with Gasteiger partial charge in [0.15, 0.2) is 0 Å². The molecule has 0 radical (unpaired) electrons. The maximum atomic E-state index is 12.5. The molecule has 1 aliphatic carbocycles. The summed E-state index contributed by atoms with van der Waals surface area (Å²) in [6.45, 7) is 6.16. The molecule has 0 saturated heterocycles. The third-order valence-corrected chi connectivity index (χ3v) is 4.37. The van der Waals surface area contributed by atoms with Crippen LogP contribution in [0.1, 0.15) is 59.5 Å². The lowest BCUT2D eigenvalue weighted by Gasteiger charge is -2.37. The molecule has 1 amide bonds. The Morgan fingerprint density at radius 1 is 1.21 bits per heavy atom. The van der Waals surface area contributed by atoms with Crippen molar-refractivity contribution in [2.24, 2.45) is 5.73 Å².